The van der Waals surface area contributed by atoms with Crippen LogP contribution < -0.4 is 5.32 Å². The van der Waals surface area contributed by atoms with Crippen LogP contribution in [0.5, 0.6) is 0 Å². The fourth-order valence-electron chi connectivity index (χ4n) is 4.11. The van der Waals surface area contributed by atoms with E-state index in [2.05, 4.69) is 45.8 Å². The van der Waals surface area contributed by atoms with Crippen LogP contribution in [0.3, 0.4) is 0 Å². The van der Waals surface area contributed by atoms with Crippen LogP contribution in [0.25, 0.3) is 11.3 Å². The van der Waals surface area contributed by atoms with E-state index in [1.165, 1.54) is 0 Å². The van der Waals surface area contributed by atoms with Gasteiger partial charge in [0.15, 0.2) is 0 Å². The molecule has 3 aromatic heterocycles. The Labute approximate surface area is 171 Å². The predicted molar refractivity (Wildman–Crippen MR) is 113 cm³/mol. The number of nitrogens with one attached hydrogen (secondary N) is 2. The number of nitrogens with zero attached hydrogens (tertiary/aromatic N) is 3. The van der Waals surface area contributed by atoms with Gasteiger partial charge in [-0.05, 0) is 49.4 Å². The van der Waals surface area contributed by atoms with E-state index in [0.717, 1.165) is 41.9 Å². The van der Waals surface area contributed by atoms with Crippen LogP contribution in [0.15, 0.2) is 49.1 Å². The monoisotopic (exact) mass is 391 g/mol. The highest BCUT2D eigenvalue weighted by Gasteiger charge is 2.40. The number of aryl methyl sites for hydroxylation is 1. The molecule has 1 aliphatic rings. The van der Waals surface area contributed by atoms with E-state index >= 15 is 0 Å². The van der Waals surface area contributed by atoms with Gasteiger partial charge < -0.3 is 9.88 Å². The first-order chi connectivity index (χ1) is 14.0. The molecular weight excluding hydrogens is 362 g/mol. The van der Waals surface area contributed by atoms with E-state index in [1.807, 2.05) is 36.7 Å². The van der Waals surface area contributed by atoms with Crippen molar-refractivity contribution < 1.29 is 4.79 Å². The minimum Gasteiger partial charge on any atom is -0.352 e. The van der Waals surface area contributed by atoms with Crippen molar-refractivity contribution in [2.45, 2.75) is 52.6 Å². The molecule has 0 aliphatic heterocycles. The number of aromatic amines is 1. The highest BCUT2D eigenvalue weighted by atomic mass is 16.2. The molecule has 3 aromatic rings. The lowest BCUT2D eigenvalue weighted by Crippen LogP contribution is -2.49. The second-order valence-corrected chi connectivity index (χ2v) is 8.71. The highest BCUT2D eigenvalue weighted by Crippen LogP contribution is 2.39. The van der Waals surface area contributed by atoms with Crippen LogP contribution >= 0.6 is 0 Å². The third-order valence-electron chi connectivity index (χ3n) is 6.14. The van der Waals surface area contributed by atoms with Crippen molar-refractivity contribution in [3.05, 3.63) is 60.3 Å². The molecule has 2 atom stereocenters. The van der Waals surface area contributed by atoms with E-state index < -0.39 is 5.41 Å². The summed E-state index contributed by atoms with van der Waals surface area (Å²) in [6, 6.07) is 8.06. The van der Waals surface area contributed by atoms with Gasteiger partial charge in [0.25, 0.3) is 0 Å². The van der Waals surface area contributed by atoms with Crippen LogP contribution in [0, 0.1) is 11.3 Å². The van der Waals surface area contributed by atoms with Gasteiger partial charge in [0.05, 0.1) is 11.1 Å². The second kappa shape index (κ2) is 7.85. The maximum absolute atomic E-state index is 13.4. The molecule has 1 amide bonds. The maximum Gasteiger partial charge on any atom is 0.226 e. The Morgan fingerprint density at radius 1 is 1.28 bits per heavy atom. The summed E-state index contributed by atoms with van der Waals surface area (Å²) in [5.74, 6) is 0.487. The normalized spacial score (nSPS) is 19.7. The lowest BCUT2D eigenvalue weighted by Gasteiger charge is -2.35. The molecule has 2 N–H and O–H groups in total. The van der Waals surface area contributed by atoms with Gasteiger partial charge in [-0.2, -0.15) is 5.10 Å². The van der Waals surface area contributed by atoms with Gasteiger partial charge in [-0.15, -0.1) is 0 Å². The van der Waals surface area contributed by atoms with Crippen molar-refractivity contribution in [2.75, 3.05) is 0 Å². The van der Waals surface area contributed by atoms with Gasteiger partial charge in [0.1, 0.15) is 0 Å². The summed E-state index contributed by atoms with van der Waals surface area (Å²) in [6.07, 6.45) is 9.99. The second-order valence-electron chi connectivity index (χ2n) is 8.71. The molecule has 6 heteroatoms. The Morgan fingerprint density at radius 2 is 2.00 bits per heavy atom. The summed E-state index contributed by atoms with van der Waals surface area (Å²) in [5, 5.41) is 11.1. The molecule has 4 rings (SSSR count). The minimum absolute atomic E-state index is 0.0946. The van der Waals surface area contributed by atoms with Gasteiger partial charge in [-0.3, -0.25) is 14.9 Å². The first kappa shape index (κ1) is 19.4. The average Bonchev–Trinajstić information content (AvgIpc) is 3.37. The molecule has 2 unspecified atom stereocenters. The van der Waals surface area contributed by atoms with E-state index in [9.17, 15) is 4.79 Å². The molecule has 29 heavy (non-hydrogen) atoms. The maximum atomic E-state index is 13.4. The highest BCUT2D eigenvalue weighted by molar-refractivity contribution is 5.84. The summed E-state index contributed by atoms with van der Waals surface area (Å²) in [4.78, 5) is 17.5. The molecule has 0 spiro atoms. The third kappa shape index (κ3) is 3.97. The molecule has 0 bridgehead atoms. The van der Waals surface area contributed by atoms with E-state index in [4.69, 9.17) is 0 Å². The van der Waals surface area contributed by atoms with Crippen LogP contribution in [0.4, 0.5) is 0 Å². The summed E-state index contributed by atoms with van der Waals surface area (Å²) >= 11 is 0. The molecule has 1 aliphatic carbocycles. The van der Waals surface area contributed by atoms with Crippen LogP contribution in [0.1, 0.15) is 38.4 Å². The van der Waals surface area contributed by atoms with E-state index in [-0.39, 0.29) is 11.9 Å². The first-order valence-corrected chi connectivity index (χ1v) is 10.3. The van der Waals surface area contributed by atoms with Crippen molar-refractivity contribution >= 4 is 5.91 Å². The number of H-pyrrole nitrogens is 1. The quantitative estimate of drug-likeness (QED) is 0.674. The number of amides is 1. The molecule has 0 saturated carbocycles. The molecular formula is C23H29N5O. The van der Waals surface area contributed by atoms with Gasteiger partial charge >= 0.3 is 0 Å². The lowest BCUT2D eigenvalue weighted by atomic mass is 9.73. The van der Waals surface area contributed by atoms with Gasteiger partial charge in [0, 0.05) is 54.2 Å². The van der Waals surface area contributed by atoms with E-state index in [0.29, 0.717) is 12.3 Å². The number of carbonyl (C=O) groups is 1. The minimum atomic E-state index is -0.442. The molecule has 0 aromatic carbocycles. The number of pyridine rings is 1. The Kier molecular flexibility index (Phi) is 5.26. The number of carbonyl (C=O) groups excluding carboxylic acids is 1. The van der Waals surface area contributed by atoms with Gasteiger partial charge in [-0.25, -0.2) is 0 Å². The molecule has 0 radical (unpaired) electrons. The fraction of sp³-hybridized carbons (Fsp3) is 0.435. The first-order valence-electron chi connectivity index (χ1n) is 10.3. The van der Waals surface area contributed by atoms with Crippen molar-refractivity contribution in [1.29, 1.82) is 0 Å². The number of aromatic nitrogens is 4. The zero-order valence-corrected chi connectivity index (χ0v) is 17.4. The van der Waals surface area contributed by atoms with Crippen molar-refractivity contribution in [2.24, 2.45) is 11.3 Å². The molecule has 3 heterocycles. The number of rotatable bonds is 6. The van der Waals surface area contributed by atoms with Gasteiger partial charge in [-0.1, -0.05) is 20.8 Å². The molecule has 0 saturated heterocycles. The zero-order valence-electron chi connectivity index (χ0n) is 17.4. The molecule has 0 fully saturated rings. The molecule has 152 valence electrons. The fourth-order valence-corrected chi connectivity index (χ4v) is 4.11. The standard InChI is InChI=1S/C23H29N5O/c1-16(2)20(15-28-12-4-5-13-28)25-22(29)23(3)9-6-19-18(14-23)21(27-26-19)17-7-10-24-11-8-17/h4-5,7-8,10-13,16,20H,6,9,14-15H2,1-3H3,(H,25,29)(H,26,27). The Bertz CT molecular complexity index is 961. The summed E-state index contributed by atoms with van der Waals surface area (Å²) in [7, 11) is 0. The Morgan fingerprint density at radius 3 is 2.69 bits per heavy atom. The third-order valence-corrected chi connectivity index (χ3v) is 6.14. The Balaban J connectivity index is 1.53. The number of fused-ring (bicyclic) bond motifs is 1. The number of hydrogen-bond acceptors (Lipinski definition) is 3. The average molecular weight is 392 g/mol. The van der Waals surface area contributed by atoms with Crippen LogP contribution in [-0.2, 0) is 24.2 Å². The van der Waals surface area contributed by atoms with Crippen LogP contribution in [-0.4, -0.2) is 31.7 Å². The topological polar surface area (TPSA) is 75.6 Å². The Hall–Kier alpha value is -2.89. The summed E-state index contributed by atoms with van der Waals surface area (Å²) in [5.41, 5.74) is 3.84. The van der Waals surface area contributed by atoms with E-state index in [1.54, 1.807) is 12.4 Å². The smallest absolute Gasteiger partial charge is 0.226 e. The predicted octanol–water partition coefficient (Wildman–Crippen LogP) is 3.61. The van der Waals surface area contributed by atoms with Crippen molar-refractivity contribution in [3.63, 3.8) is 0 Å². The van der Waals surface area contributed by atoms with Crippen molar-refractivity contribution in [3.8, 4) is 11.3 Å². The zero-order chi connectivity index (χ0) is 20.4. The lowest BCUT2D eigenvalue weighted by molar-refractivity contribution is -0.132. The van der Waals surface area contributed by atoms with Crippen molar-refractivity contribution in [1.82, 2.24) is 25.1 Å². The van der Waals surface area contributed by atoms with Gasteiger partial charge in [0.2, 0.25) is 5.91 Å². The SMILES string of the molecule is CC(C)C(Cn1cccc1)NC(=O)C1(C)CCc2[nH]nc(-c3ccncc3)c2C1. The largest absolute Gasteiger partial charge is 0.352 e. The molecule has 6 nitrogen and oxygen atoms in total. The summed E-state index contributed by atoms with van der Waals surface area (Å²) < 4.78 is 2.13. The summed E-state index contributed by atoms with van der Waals surface area (Å²) in [6.45, 7) is 7.19. The van der Waals surface area contributed by atoms with Crippen LogP contribution in [0.2, 0.25) is 0 Å². The number of hydrogen-bond donors (Lipinski definition) is 2.